The molecule has 2 atom stereocenters. The molecule has 0 unspecified atom stereocenters. The molecule has 0 spiro atoms. The molecule has 6 rings (SSSR count). The zero-order valence-electron chi connectivity index (χ0n) is 16.1. The minimum atomic E-state index is 0.109. The second-order valence-corrected chi connectivity index (χ2v) is 8.03. The minimum Gasteiger partial charge on any atom is -0.496 e. The Morgan fingerprint density at radius 1 is 1.10 bits per heavy atom. The van der Waals surface area contributed by atoms with E-state index < -0.39 is 0 Å². The normalized spacial score (nSPS) is 20.8. The first kappa shape index (κ1) is 16.6. The van der Waals surface area contributed by atoms with E-state index in [9.17, 15) is 4.79 Å². The third-order valence-electron chi connectivity index (χ3n) is 6.35. The van der Waals surface area contributed by atoms with Crippen molar-refractivity contribution >= 4 is 27.8 Å². The zero-order chi connectivity index (χ0) is 19.5. The summed E-state index contributed by atoms with van der Waals surface area (Å²) in [5, 5.41) is 0.989. The third-order valence-corrected chi connectivity index (χ3v) is 6.35. The van der Waals surface area contributed by atoms with Gasteiger partial charge in [-0.3, -0.25) is 4.79 Å². The summed E-state index contributed by atoms with van der Waals surface area (Å²) in [6.45, 7) is 2.51. The minimum absolute atomic E-state index is 0.109. The van der Waals surface area contributed by atoms with Gasteiger partial charge < -0.3 is 19.2 Å². The van der Waals surface area contributed by atoms with Crippen LogP contribution in [0.4, 0.5) is 5.82 Å². The molecule has 7 heteroatoms. The van der Waals surface area contributed by atoms with Crippen LogP contribution in [0.2, 0.25) is 0 Å². The number of nitrogens with one attached hydrogen (secondary N) is 1. The van der Waals surface area contributed by atoms with Gasteiger partial charge in [-0.15, -0.1) is 0 Å². The van der Waals surface area contributed by atoms with Crippen molar-refractivity contribution in [3.8, 4) is 5.75 Å². The molecule has 1 N–H and O–H groups in total. The fraction of sp³-hybridized carbons (Fsp3) is 0.318. The number of anilines is 1. The molecule has 5 heterocycles. The van der Waals surface area contributed by atoms with Crippen LogP contribution >= 0.6 is 0 Å². The molecule has 2 aliphatic heterocycles. The van der Waals surface area contributed by atoms with Gasteiger partial charge in [0.1, 0.15) is 23.1 Å². The van der Waals surface area contributed by atoms with Crippen LogP contribution in [-0.4, -0.2) is 39.7 Å². The van der Waals surface area contributed by atoms with E-state index >= 15 is 0 Å². The molecule has 1 fully saturated rings. The molecule has 3 aromatic heterocycles. The number of nitrogens with zero attached hydrogens (tertiary/aromatic N) is 4. The van der Waals surface area contributed by atoms with Gasteiger partial charge in [0.25, 0.3) is 5.56 Å². The summed E-state index contributed by atoms with van der Waals surface area (Å²) in [5.41, 5.74) is 4.07. The average Bonchev–Trinajstić information content (AvgIpc) is 3.13. The summed E-state index contributed by atoms with van der Waals surface area (Å²) >= 11 is 0. The van der Waals surface area contributed by atoms with Crippen LogP contribution in [0.1, 0.15) is 18.0 Å². The Balaban J connectivity index is 1.47. The molecule has 0 saturated carbocycles. The molecule has 7 nitrogen and oxygen atoms in total. The second-order valence-electron chi connectivity index (χ2n) is 8.03. The van der Waals surface area contributed by atoms with E-state index in [0.29, 0.717) is 11.8 Å². The summed E-state index contributed by atoms with van der Waals surface area (Å²) in [5.74, 6) is 2.50. The molecular weight excluding hydrogens is 366 g/mol. The predicted molar refractivity (Wildman–Crippen MR) is 112 cm³/mol. The van der Waals surface area contributed by atoms with Gasteiger partial charge >= 0.3 is 0 Å². The number of rotatable bonds is 2. The van der Waals surface area contributed by atoms with Crippen molar-refractivity contribution in [2.45, 2.75) is 18.9 Å². The van der Waals surface area contributed by atoms with Crippen molar-refractivity contribution in [1.29, 1.82) is 0 Å². The maximum atomic E-state index is 12.3. The molecule has 0 amide bonds. The first-order chi connectivity index (χ1) is 14.2. The van der Waals surface area contributed by atoms with Crippen molar-refractivity contribution < 1.29 is 4.74 Å². The Labute approximate surface area is 167 Å². The highest BCUT2D eigenvalue weighted by Crippen LogP contribution is 2.39. The number of methoxy groups -OCH3 is 1. The highest BCUT2D eigenvalue weighted by molar-refractivity contribution is 6.11. The van der Waals surface area contributed by atoms with Gasteiger partial charge in [0.15, 0.2) is 5.82 Å². The van der Waals surface area contributed by atoms with Crippen molar-refractivity contribution in [3.05, 3.63) is 58.8 Å². The molecule has 146 valence electrons. The van der Waals surface area contributed by atoms with E-state index in [1.54, 1.807) is 19.5 Å². The molecule has 2 bridgehead atoms. The first-order valence-corrected chi connectivity index (χ1v) is 9.97. The number of aromatic nitrogens is 4. The fourth-order valence-electron chi connectivity index (χ4n) is 5.17. The Bertz CT molecular complexity index is 1310. The molecule has 0 radical (unpaired) electrons. The summed E-state index contributed by atoms with van der Waals surface area (Å²) in [6, 6.07) is 11.6. The van der Waals surface area contributed by atoms with Gasteiger partial charge in [-0.05, 0) is 30.5 Å². The number of pyridine rings is 1. The maximum Gasteiger partial charge on any atom is 0.250 e. The van der Waals surface area contributed by atoms with Gasteiger partial charge in [0.05, 0.1) is 18.0 Å². The molecular formula is C22H21N5O2. The summed E-state index contributed by atoms with van der Waals surface area (Å²) < 4.78 is 7.52. The fourth-order valence-corrected chi connectivity index (χ4v) is 5.17. The smallest absolute Gasteiger partial charge is 0.250 e. The Morgan fingerprint density at radius 3 is 2.90 bits per heavy atom. The lowest BCUT2D eigenvalue weighted by atomic mass is 9.83. The van der Waals surface area contributed by atoms with Gasteiger partial charge in [0, 0.05) is 37.3 Å². The van der Waals surface area contributed by atoms with Crippen molar-refractivity contribution in [1.82, 2.24) is 19.5 Å². The van der Waals surface area contributed by atoms with Crippen LogP contribution in [0, 0.1) is 5.92 Å². The zero-order valence-corrected chi connectivity index (χ0v) is 16.1. The lowest BCUT2D eigenvalue weighted by molar-refractivity contribution is 0.281. The molecule has 2 aliphatic rings. The van der Waals surface area contributed by atoms with E-state index in [1.165, 1.54) is 0 Å². The predicted octanol–water partition coefficient (Wildman–Crippen LogP) is 2.91. The number of H-pyrrole nitrogens is 1. The van der Waals surface area contributed by atoms with Gasteiger partial charge in [0.2, 0.25) is 0 Å². The third kappa shape index (κ3) is 2.40. The van der Waals surface area contributed by atoms with Gasteiger partial charge in [-0.1, -0.05) is 12.1 Å². The van der Waals surface area contributed by atoms with Crippen LogP contribution in [-0.2, 0) is 6.54 Å². The molecule has 0 aliphatic carbocycles. The number of ether oxygens (including phenoxy) is 1. The number of hydrogen-bond donors (Lipinski definition) is 1. The summed E-state index contributed by atoms with van der Waals surface area (Å²) in [7, 11) is 1.68. The van der Waals surface area contributed by atoms with Gasteiger partial charge in [-0.2, -0.15) is 0 Å². The van der Waals surface area contributed by atoms with Crippen LogP contribution in [0.3, 0.4) is 0 Å². The molecule has 4 aromatic rings. The van der Waals surface area contributed by atoms with E-state index in [-0.39, 0.29) is 5.56 Å². The Morgan fingerprint density at radius 2 is 2.00 bits per heavy atom. The number of aromatic amines is 1. The number of hydrogen-bond acceptors (Lipinski definition) is 5. The number of benzene rings is 1. The first-order valence-electron chi connectivity index (χ1n) is 9.97. The van der Waals surface area contributed by atoms with Crippen LogP contribution < -0.4 is 15.2 Å². The van der Waals surface area contributed by atoms with Crippen molar-refractivity contribution in [2.75, 3.05) is 25.1 Å². The van der Waals surface area contributed by atoms with Crippen LogP contribution in [0.25, 0.3) is 21.9 Å². The lowest BCUT2D eigenvalue weighted by Crippen LogP contribution is -2.47. The largest absolute Gasteiger partial charge is 0.496 e. The topological polar surface area (TPSA) is 76.0 Å². The quantitative estimate of drug-likeness (QED) is 0.572. The highest BCUT2D eigenvalue weighted by atomic mass is 16.5. The van der Waals surface area contributed by atoms with Crippen molar-refractivity contribution in [2.24, 2.45) is 5.92 Å². The van der Waals surface area contributed by atoms with E-state index in [1.807, 2.05) is 28.8 Å². The van der Waals surface area contributed by atoms with Gasteiger partial charge in [-0.25, -0.2) is 9.97 Å². The summed E-state index contributed by atoms with van der Waals surface area (Å²) in [6.07, 6.45) is 2.76. The average molecular weight is 387 g/mol. The maximum absolute atomic E-state index is 12.3. The van der Waals surface area contributed by atoms with E-state index in [0.717, 1.165) is 65.3 Å². The van der Waals surface area contributed by atoms with E-state index in [2.05, 4.69) is 25.9 Å². The number of fused-ring (bicyclic) bond motifs is 7. The monoisotopic (exact) mass is 387 g/mol. The molecule has 29 heavy (non-hydrogen) atoms. The number of piperidine rings is 1. The SMILES string of the molecule is COc1cccc2[nH]c3c(N4C[C@H]5C[C@@H](C4)c4cccc(=O)n4C5)ncnc3c12. The lowest BCUT2D eigenvalue weighted by Gasteiger charge is -2.43. The molecule has 1 saturated heterocycles. The van der Waals surface area contributed by atoms with Crippen LogP contribution in [0.15, 0.2) is 47.5 Å². The Kier molecular flexibility index (Phi) is 3.47. The van der Waals surface area contributed by atoms with Crippen LogP contribution in [0.5, 0.6) is 5.75 Å². The van der Waals surface area contributed by atoms with E-state index in [4.69, 9.17) is 4.74 Å². The highest BCUT2D eigenvalue weighted by Gasteiger charge is 2.35. The Hall–Kier alpha value is -3.35. The standard InChI is InChI=1S/C22H21N5O2/c1-29-17-6-2-4-15-19(17)20-21(25-15)22(24-12-23-20)26-9-13-8-14(11-26)16-5-3-7-18(28)27(16)10-13/h2-7,12-14,25H,8-11H2,1H3/t13-,14+/m1/s1. The molecule has 1 aromatic carbocycles. The van der Waals surface area contributed by atoms with Crippen molar-refractivity contribution in [3.63, 3.8) is 0 Å². The summed E-state index contributed by atoms with van der Waals surface area (Å²) in [4.78, 5) is 27.4. The second kappa shape index (κ2) is 6.07.